The summed E-state index contributed by atoms with van der Waals surface area (Å²) in [6.07, 6.45) is 2.29. The van der Waals surface area contributed by atoms with Crippen molar-refractivity contribution in [1.82, 2.24) is 26.1 Å². The highest BCUT2D eigenvalue weighted by molar-refractivity contribution is 6.08. The Labute approximate surface area is 200 Å². The number of carbonyl (C=O) groups excluding carboxylic acids is 3. The number of furan rings is 1. The highest BCUT2D eigenvalue weighted by atomic mass is 16.5. The number of hydrogen-bond donors (Lipinski definition) is 4. The number of urea groups is 1. The third-order valence-corrected chi connectivity index (χ3v) is 6.15. The highest BCUT2D eigenvalue weighted by Gasteiger charge is 2.50. The van der Waals surface area contributed by atoms with E-state index in [9.17, 15) is 14.4 Å². The first kappa shape index (κ1) is 22.2. The molecule has 35 heavy (non-hydrogen) atoms. The second-order valence-electron chi connectivity index (χ2n) is 8.21. The van der Waals surface area contributed by atoms with Gasteiger partial charge in [-0.15, -0.1) is 0 Å². The van der Waals surface area contributed by atoms with E-state index in [0.29, 0.717) is 23.3 Å². The first-order valence-electron chi connectivity index (χ1n) is 11.1. The number of aryl methyl sites for hydroxylation is 1. The molecule has 4 amide bonds. The molecule has 0 saturated carbocycles. The number of aromatic nitrogens is 2. The number of rotatable bonds is 7. The van der Waals surface area contributed by atoms with Crippen LogP contribution in [0, 0.1) is 0 Å². The van der Waals surface area contributed by atoms with Gasteiger partial charge in [0.25, 0.3) is 11.8 Å². The minimum Gasteiger partial charge on any atom is -0.497 e. The van der Waals surface area contributed by atoms with Crippen molar-refractivity contribution in [2.75, 3.05) is 13.7 Å². The van der Waals surface area contributed by atoms with Gasteiger partial charge in [0, 0.05) is 22.7 Å². The lowest BCUT2D eigenvalue weighted by Gasteiger charge is -2.24. The molecule has 1 saturated heterocycles. The largest absolute Gasteiger partial charge is 0.497 e. The molecule has 5 rings (SSSR count). The van der Waals surface area contributed by atoms with Gasteiger partial charge in [-0.3, -0.25) is 20.0 Å². The molecule has 2 aromatic heterocycles. The van der Waals surface area contributed by atoms with Gasteiger partial charge in [-0.1, -0.05) is 13.0 Å². The SMILES string of the molecule is CCc1ccc(OC)cc1C(=O)NCC1(c2cc3cc(-c4ccn[nH]4)ccc3o2)NC(=O)NC1=O. The third kappa shape index (κ3) is 3.88. The van der Waals surface area contributed by atoms with Crippen molar-refractivity contribution in [2.24, 2.45) is 0 Å². The number of amides is 4. The quantitative estimate of drug-likeness (QED) is 0.305. The number of nitrogens with zero attached hydrogens (tertiary/aromatic N) is 1. The molecule has 10 heteroatoms. The molecule has 1 atom stereocenters. The van der Waals surface area contributed by atoms with Crippen molar-refractivity contribution >= 4 is 28.8 Å². The number of benzene rings is 2. The summed E-state index contributed by atoms with van der Waals surface area (Å²) in [5.41, 5.74) is 1.89. The molecular formula is C25H23N5O5. The van der Waals surface area contributed by atoms with Gasteiger partial charge >= 0.3 is 6.03 Å². The lowest BCUT2D eigenvalue weighted by atomic mass is 9.95. The van der Waals surface area contributed by atoms with E-state index in [4.69, 9.17) is 9.15 Å². The number of hydrogen-bond acceptors (Lipinski definition) is 6. The Morgan fingerprint density at radius 2 is 2.00 bits per heavy atom. The summed E-state index contributed by atoms with van der Waals surface area (Å²) in [5.74, 6) is -0.262. The molecule has 0 spiro atoms. The van der Waals surface area contributed by atoms with Crippen LogP contribution in [0.4, 0.5) is 4.79 Å². The number of carbonyl (C=O) groups is 3. The fourth-order valence-corrected chi connectivity index (χ4v) is 4.22. The van der Waals surface area contributed by atoms with E-state index < -0.39 is 23.4 Å². The molecule has 10 nitrogen and oxygen atoms in total. The summed E-state index contributed by atoms with van der Waals surface area (Å²) in [7, 11) is 1.52. The molecule has 4 N–H and O–H groups in total. The summed E-state index contributed by atoms with van der Waals surface area (Å²) in [6.45, 7) is 1.73. The van der Waals surface area contributed by atoms with E-state index in [-0.39, 0.29) is 12.3 Å². The van der Waals surface area contributed by atoms with E-state index in [1.165, 1.54) is 7.11 Å². The number of imide groups is 1. The molecule has 1 unspecified atom stereocenters. The van der Waals surface area contributed by atoms with Crippen LogP contribution < -0.4 is 20.7 Å². The topological polar surface area (TPSA) is 138 Å². The number of H-pyrrole nitrogens is 1. The van der Waals surface area contributed by atoms with Crippen LogP contribution in [0.2, 0.25) is 0 Å². The molecule has 0 bridgehead atoms. The second kappa shape index (κ2) is 8.64. The number of nitrogens with one attached hydrogen (secondary N) is 4. The Kier molecular flexibility index (Phi) is 5.48. The maximum atomic E-state index is 13.1. The predicted molar refractivity (Wildman–Crippen MR) is 127 cm³/mol. The highest BCUT2D eigenvalue weighted by Crippen LogP contribution is 2.32. The van der Waals surface area contributed by atoms with E-state index in [1.807, 2.05) is 31.2 Å². The first-order chi connectivity index (χ1) is 16.9. The van der Waals surface area contributed by atoms with Crippen LogP contribution in [-0.2, 0) is 16.8 Å². The minimum absolute atomic E-state index is 0.208. The van der Waals surface area contributed by atoms with E-state index in [1.54, 1.807) is 30.5 Å². The smallest absolute Gasteiger partial charge is 0.322 e. The van der Waals surface area contributed by atoms with Crippen LogP contribution in [0.5, 0.6) is 5.75 Å². The van der Waals surface area contributed by atoms with Crippen LogP contribution in [0.3, 0.4) is 0 Å². The fraction of sp³-hybridized carbons (Fsp3) is 0.200. The maximum Gasteiger partial charge on any atom is 0.322 e. The Bertz CT molecular complexity index is 1440. The van der Waals surface area contributed by atoms with E-state index >= 15 is 0 Å². The average molecular weight is 473 g/mol. The molecule has 1 aliphatic heterocycles. The van der Waals surface area contributed by atoms with Crippen molar-refractivity contribution in [3.05, 3.63) is 71.6 Å². The Hall–Kier alpha value is -4.60. The van der Waals surface area contributed by atoms with Crippen LogP contribution in [0.15, 0.2) is 59.1 Å². The Morgan fingerprint density at radius 3 is 2.69 bits per heavy atom. The number of aromatic amines is 1. The summed E-state index contributed by atoms with van der Waals surface area (Å²) in [5, 5.41) is 15.3. The standard InChI is InChI=1S/C25H23N5O5/c1-3-14-4-6-17(34-2)12-18(14)22(31)26-13-25(23(32)28-24(33)29-25)21-11-16-10-15(5-7-20(16)35-21)19-8-9-27-30-19/h4-12H,3,13H2,1-2H3,(H,26,31)(H,27,30)(H2,28,29,32,33). The van der Waals surface area contributed by atoms with Gasteiger partial charge in [-0.25, -0.2) is 4.79 Å². The normalized spacial score (nSPS) is 17.3. The van der Waals surface area contributed by atoms with Crippen molar-refractivity contribution in [3.8, 4) is 17.0 Å². The van der Waals surface area contributed by atoms with Gasteiger partial charge in [0.1, 0.15) is 17.1 Å². The molecule has 4 aromatic rings. The van der Waals surface area contributed by atoms with Crippen molar-refractivity contribution in [2.45, 2.75) is 18.9 Å². The molecule has 0 radical (unpaired) electrons. The minimum atomic E-state index is -1.61. The molecule has 1 aliphatic rings. The second-order valence-corrected chi connectivity index (χ2v) is 8.21. The van der Waals surface area contributed by atoms with Gasteiger partial charge in [-0.05, 0) is 54.4 Å². The molecule has 1 fully saturated rings. The first-order valence-corrected chi connectivity index (χ1v) is 11.1. The third-order valence-electron chi connectivity index (χ3n) is 6.15. The maximum absolute atomic E-state index is 13.1. The number of fused-ring (bicyclic) bond motifs is 1. The van der Waals surface area contributed by atoms with Gasteiger partial charge < -0.3 is 19.8 Å². The summed E-state index contributed by atoms with van der Waals surface area (Å²) in [4.78, 5) is 38.2. The zero-order valence-electron chi connectivity index (χ0n) is 19.1. The number of methoxy groups -OCH3 is 1. The molecule has 2 aromatic carbocycles. The Balaban J connectivity index is 1.48. The molecule has 3 heterocycles. The average Bonchev–Trinajstić information content (AvgIpc) is 3.61. The zero-order chi connectivity index (χ0) is 24.6. The van der Waals surface area contributed by atoms with Crippen LogP contribution >= 0.6 is 0 Å². The van der Waals surface area contributed by atoms with Crippen LogP contribution in [0.25, 0.3) is 22.2 Å². The van der Waals surface area contributed by atoms with Crippen molar-refractivity contribution in [1.29, 1.82) is 0 Å². The number of ether oxygens (including phenoxy) is 1. The van der Waals surface area contributed by atoms with Crippen molar-refractivity contribution in [3.63, 3.8) is 0 Å². The monoisotopic (exact) mass is 473 g/mol. The van der Waals surface area contributed by atoms with Crippen LogP contribution in [0.1, 0.15) is 28.6 Å². The van der Waals surface area contributed by atoms with Gasteiger partial charge in [-0.2, -0.15) is 5.10 Å². The summed E-state index contributed by atoms with van der Waals surface area (Å²) >= 11 is 0. The van der Waals surface area contributed by atoms with Crippen LogP contribution in [-0.4, -0.2) is 41.7 Å². The fourth-order valence-electron chi connectivity index (χ4n) is 4.22. The molecule has 0 aliphatic carbocycles. The van der Waals surface area contributed by atoms with Crippen molar-refractivity contribution < 1.29 is 23.5 Å². The van der Waals surface area contributed by atoms with E-state index in [0.717, 1.165) is 22.2 Å². The Morgan fingerprint density at radius 1 is 1.14 bits per heavy atom. The summed E-state index contributed by atoms with van der Waals surface area (Å²) < 4.78 is 11.2. The lowest BCUT2D eigenvalue weighted by Crippen LogP contribution is -2.52. The van der Waals surface area contributed by atoms with Gasteiger partial charge in [0.2, 0.25) is 0 Å². The molecular weight excluding hydrogens is 450 g/mol. The summed E-state index contributed by atoms with van der Waals surface area (Å²) in [6, 6.07) is 13.6. The lowest BCUT2D eigenvalue weighted by molar-refractivity contribution is -0.124. The van der Waals surface area contributed by atoms with Gasteiger partial charge in [0.05, 0.1) is 19.3 Å². The van der Waals surface area contributed by atoms with E-state index in [2.05, 4.69) is 26.1 Å². The zero-order valence-corrected chi connectivity index (χ0v) is 19.1. The molecule has 178 valence electrons. The van der Waals surface area contributed by atoms with Gasteiger partial charge in [0.15, 0.2) is 5.54 Å². The predicted octanol–water partition coefficient (Wildman–Crippen LogP) is 2.86.